The van der Waals surface area contributed by atoms with Crippen molar-refractivity contribution < 1.29 is 5.11 Å². The smallest absolute Gasteiger partial charge is 0.244 e. The Morgan fingerprint density at radius 1 is 0.931 bits per heavy atom. The summed E-state index contributed by atoms with van der Waals surface area (Å²) in [7, 11) is 0. The number of benzene rings is 2. The quantitative estimate of drug-likeness (QED) is 0.388. The average molecular weight is 381 g/mol. The van der Waals surface area contributed by atoms with Crippen molar-refractivity contribution >= 4 is 12.2 Å². The van der Waals surface area contributed by atoms with Gasteiger partial charge in [0.15, 0.2) is 0 Å². The Morgan fingerprint density at radius 3 is 2.48 bits per heavy atom. The zero-order chi connectivity index (χ0) is 20.1. The van der Waals surface area contributed by atoms with Gasteiger partial charge in [-0.1, -0.05) is 48.0 Å². The minimum Gasteiger partial charge on any atom is -0.507 e. The number of nitrogens with zero attached hydrogens (tertiary/aromatic N) is 4. The monoisotopic (exact) mass is 381 g/mol. The van der Waals surface area contributed by atoms with E-state index in [0.29, 0.717) is 17.2 Å². The maximum absolute atomic E-state index is 10.3. The number of aryl methyl sites for hydroxylation is 1. The Bertz CT molecular complexity index is 1140. The molecule has 2 N–H and O–H groups in total. The van der Waals surface area contributed by atoms with Gasteiger partial charge in [0.1, 0.15) is 5.75 Å². The molecule has 142 valence electrons. The Labute approximate surface area is 168 Å². The molecule has 29 heavy (non-hydrogen) atoms. The van der Waals surface area contributed by atoms with E-state index in [2.05, 4.69) is 25.5 Å². The van der Waals surface area contributed by atoms with Gasteiger partial charge in [0, 0.05) is 29.1 Å². The average Bonchev–Trinajstić information content (AvgIpc) is 2.75. The van der Waals surface area contributed by atoms with Gasteiger partial charge in [-0.15, -0.1) is 0 Å². The van der Waals surface area contributed by atoms with Crippen molar-refractivity contribution in [2.75, 3.05) is 5.43 Å². The summed E-state index contributed by atoms with van der Waals surface area (Å²) in [6, 6.07) is 20.8. The van der Waals surface area contributed by atoms with Crippen LogP contribution in [-0.2, 0) is 0 Å². The van der Waals surface area contributed by atoms with E-state index in [1.165, 1.54) is 5.56 Å². The lowest BCUT2D eigenvalue weighted by atomic mass is 10.1. The lowest BCUT2D eigenvalue weighted by Gasteiger charge is -2.09. The Morgan fingerprint density at radius 2 is 1.72 bits per heavy atom. The second-order valence-corrected chi connectivity index (χ2v) is 6.50. The molecule has 0 bridgehead atoms. The summed E-state index contributed by atoms with van der Waals surface area (Å²) in [6.07, 6.45) is 5.06. The zero-order valence-corrected chi connectivity index (χ0v) is 15.8. The third-order valence-corrected chi connectivity index (χ3v) is 4.32. The number of hydrogen-bond donors (Lipinski definition) is 2. The molecule has 2 heterocycles. The van der Waals surface area contributed by atoms with Crippen LogP contribution in [0.5, 0.6) is 5.75 Å². The molecule has 0 atom stereocenters. The highest BCUT2D eigenvalue weighted by molar-refractivity contribution is 5.79. The normalized spacial score (nSPS) is 10.9. The molecule has 0 saturated heterocycles. The van der Waals surface area contributed by atoms with Gasteiger partial charge < -0.3 is 5.11 Å². The lowest BCUT2D eigenvalue weighted by Crippen LogP contribution is -2.00. The summed E-state index contributed by atoms with van der Waals surface area (Å²) in [4.78, 5) is 13.2. The second kappa shape index (κ2) is 8.31. The summed E-state index contributed by atoms with van der Waals surface area (Å²) < 4.78 is 0. The van der Waals surface area contributed by atoms with Crippen LogP contribution in [0.2, 0.25) is 0 Å². The first-order valence-electron chi connectivity index (χ1n) is 9.12. The molecule has 0 fully saturated rings. The molecule has 0 spiro atoms. The highest BCUT2D eigenvalue weighted by Crippen LogP contribution is 2.30. The van der Waals surface area contributed by atoms with Gasteiger partial charge in [-0.2, -0.15) is 5.10 Å². The van der Waals surface area contributed by atoms with E-state index in [-0.39, 0.29) is 5.75 Å². The third kappa shape index (κ3) is 4.44. The van der Waals surface area contributed by atoms with Crippen LogP contribution >= 0.6 is 0 Å². The van der Waals surface area contributed by atoms with Crippen LogP contribution in [0.3, 0.4) is 0 Å². The number of hydrazone groups is 1. The van der Waals surface area contributed by atoms with Gasteiger partial charge in [-0.25, -0.2) is 15.4 Å². The number of para-hydroxylation sites is 1. The van der Waals surface area contributed by atoms with Crippen LogP contribution in [0.1, 0.15) is 11.1 Å². The number of anilines is 1. The minimum atomic E-state index is 0.158. The van der Waals surface area contributed by atoms with Crippen LogP contribution in [-0.4, -0.2) is 26.3 Å². The fraction of sp³-hybridized carbons (Fsp3) is 0.0435. The van der Waals surface area contributed by atoms with Crippen LogP contribution in [0.4, 0.5) is 5.95 Å². The van der Waals surface area contributed by atoms with Crippen LogP contribution < -0.4 is 5.43 Å². The molecule has 0 saturated carbocycles. The largest absolute Gasteiger partial charge is 0.507 e. The number of nitrogens with one attached hydrogen (secondary N) is 1. The Kier molecular flexibility index (Phi) is 5.25. The molecule has 4 rings (SSSR count). The van der Waals surface area contributed by atoms with Crippen LogP contribution in [0.25, 0.3) is 22.5 Å². The first-order chi connectivity index (χ1) is 14.2. The predicted octanol–water partition coefficient (Wildman–Crippen LogP) is 4.67. The maximum Gasteiger partial charge on any atom is 0.244 e. The minimum absolute atomic E-state index is 0.158. The van der Waals surface area contributed by atoms with E-state index < -0.39 is 0 Å². The summed E-state index contributed by atoms with van der Waals surface area (Å²) in [6.45, 7) is 2.04. The Hall–Kier alpha value is -4.06. The molecule has 6 heteroatoms. The number of pyridine rings is 1. The Balaban J connectivity index is 1.72. The molecule has 6 nitrogen and oxygen atoms in total. The van der Waals surface area contributed by atoms with Gasteiger partial charge in [0.2, 0.25) is 5.95 Å². The number of hydrogen-bond acceptors (Lipinski definition) is 6. The molecule has 0 radical (unpaired) electrons. The SMILES string of the molecule is Cc1ccc(-c2cc(-c3ccccc3O)nc(NN=Cc3cccnc3)n2)cc1. The molecule has 2 aromatic heterocycles. The summed E-state index contributed by atoms with van der Waals surface area (Å²) >= 11 is 0. The van der Waals surface area contributed by atoms with Gasteiger partial charge in [0.25, 0.3) is 0 Å². The fourth-order valence-electron chi connectivity index (χ4n) is 2.81. The molecule has 2 aromatic carbocycles. The molecular weight excluding hydrogens is 362 g/mol. The number of aromatic nitrogens is 3. The van der Waals surface area contributed by atoms with Gasteiger partial charge in [0.05, 0.1) is 17.6 Å². The number of rotatable bonds is 5. The van der Waals surface area contributed by atoms with Crippen molar-refractivity contribution in [3.63, 3.8) is 0 Å². The summed E-state index contributed by atoms with van der Waals surface area (Å²) in [5.41, 5.74) is 7.83. The molecule has 0 aliphatic heterocycles. The number of phenols is 1. The van der Waals surface area contributed by atoms with E-state index in [4.69, 9.17) is 0 Å². The highest BCUT2D eigenvalue weighted by atomic mass is 16.3. The van der Waals surface area contributed by atoms with E-state index in [0.717, 1.165) is 16.8 Å². The second-order valence-electron chi connectivity index (χ2n) is 6.50. The highest BCUT2D eigenvalue weighted by Gasteiger charge is 2.11. The molecular formula is C23H19N5O. The van der Waals surface area contributed by atoms with E-state index in [1.54, 1.807) is 30.7 Å². The molecule has 0 aliphatic rings. The predicted molar refractivity (Wildman–Crippen MR) is 115 cm³/mol. The molecule has 4 aromatic rings. The molecule has 0 unspecified atom stereocenters. The van der Waals surface area contributed by atoms with Crippen molar-refractivity contribution in [1.82, 2.24) is 15.0 Å². The van der Waals surface area contributed by atoms with E-state index >= 15 is 0 Å². The number of aromatic hydroxyl groups is 1. The molecule has 0 aliphatic carbocycles. The van der Waals surface area contributed by atoms with Crippen molar-refractivity contribution in [3.8, 4) is 28.3 Å². The van der Waals surface area contributed by atoms with Crippen molar-refractivity contribution in [2.45, 2.75) is 6.92 Å². The van der Waals surface area contributed by atoms with E-state index in [1.807, 2.05) is 61.5 Å². The summed E-state index contributed by atoms with van der Waals surface area (Å²) in [5, 5.41) is 14.5. The van der Waals surface area contributed by atoms with Crippen molar-refractivity contribution in [1.29, 1.82) is 0 Å². The third-order valence-electron chi connectivity index (χ3n) is 4.32. The standard InChI is InChI=1S/C23H19N5O/c1-16-8-10-18(11-9-16)20-13-21(19-6-2-3-7-22(19)29)27-23(26-20)28-25-15-17-5-4-12-24-14-17/h2-15,29H,1H3,(H,26,27,28). The summed E-state index contributed by atoms with van der Waals surface area (Å²) in [5.74, 6) is 0.493. The zero-order valence-electron chi connectivity index (χ0n) is 15.8. The van der Waals surface area contributed by atoms with Crippen LogP contribution in [0, 0.1) is 6.92 Å². The van der Waals surface area contributed by atoms with Crippen molar-refractivity contribution in [3.05, 3.63) is 90.3 Å². The fourth-order valence-corrected chi connectivity index (χ4v) is 2.81. The van der Waals surface area contributed by atoms with E-state index in [9.17, 15) is 5.11 Å². The van der Waals surface area contributed by atoms with Crippen LogP contribution in [0.15, 0.2) is 84.2 Å². The molecule has 0 amide bonds. The van der Waals surface area contributed by atoms with Crippen molar-refractivity contribution in [2.24, 2.45) is 5.10 Å². The first-order valence-corrected chi connectivity index (χ1v) is 9.12. The maximum atomic E-state index is 10.3. The van der Waals surface area contributed by atoms with Gasteiger partial charge in [-0.05, 0) is 31.2 Å². The number of phenolic OH excluding ortho intramolecular Hbond substituents is 1. The topological polar surface area (TPSA) is 83.3 Å². The lowest BCUT2D eigenvalue weighted by molar-refractivity contribution is 0.477. The van der Waals surface area contributed by atoms with Gasteiger partial charge >= 0.3 is 0 Å². The van der Waals surface area contributed by atoms with Gasteiger partial charge in [-0.3, -0.25) is 4.98 Å². The first kappa shape index (κ1) is 18.3.